The van der Waals surface area contributed by atoms with Crippen LogP contribution in [0.5, 0.6) is 17.2 Å². The topological polar surface area (TPSA) is 68.8 Å². The Bertz CT molecular complexity index is 438. The lowest BCUT2D eigenvalue weighted by molar-refractivity contribution is -0.121. The van der Waals surface area contributed by atoms with Crippen LogP contribution in [0.1, 0.15) is 18.9 Å². The Morgan fingerprint density at radius 2 is 1.71 bits per heavy atom. The summed E-state index contributed by atoms with van der Waals surface area (Å²) in [5.74, 6) is 1.70. The first-order valence-electron chi connectivity index (χ1n) is 6.92. The molecule has 0 saturated heterocycles. The molecule has 1 aromatic carbocycles. The van der Waals surface area contributed by atoms with E-state index in [2.05, 4.69) is 10.6 Å². The Kier molecular flexibility index (Phi) is 7.39. The summed E-state index contributed by atoms with van der Waals surface area (Å²) in [6.07, 6.45) is 0.457. The van der Waals surface area contributed by atoms with E-state index < -0.39 is 0 Å². The number of nitrogens with one attached hydrogen (secondary N) is 2. The molecule has 0 aliphatic rings. The van der Waals surface area contributed by atoms with E-state index in [4.69, 9.17) is 14.2 Å². The van der Waals surface area contributed by atoms with Crippen LogP contribution >= 0.6 is 0 Å². The molecule has 21 heavy (non-hydrogen) atoms. The van der Waals surface area contributed by atoms with Crippen molar-refractivity contribution in [2.24, 2.45) is 0 Å². The van der Waals surface area contributed by atoms with Crippen molar-refractivity contribution in [2.45, 2.75) is 19.9 Å². The van der Waals surface area contributed by atoms with Gasteiger partial charge in [0.2, 0.25) is 11.7 Å². The van der Waals surface area contributed by atoms with Crippen molar-refractivity contribution >= 4 is 5.91 Å². The molecule has 1 aromatic rings. The highest BCUT2D eigenvalue weighted by atomic mass is 16.5. The second-order valence-electron chi connectivity index (χ2n) is 4.41. The summed E-state index contributed by atoms with van der Waals surface area (Å²) < 4.78 is 15.8. The van der Waals surface area contributed by atoms with Crippen molar-refractivity contribution in [3.05, 3.63) is 17.7 Å². The van der Waals surface area contributed by atoms with E-state index in [9.17, 15) is 4.79 Å². The van der Waals surface area contributed by atoms with Gasteiger partial charge < -0.3 is 24.8 Å². The van der Waals surface area contributed by atoms with E-state index in [1.165, 1.54) is 0 Å². The molecular formula is C15H24N2O4. The van der Waals surface area contributed by atoms with Gasteiger partial charge in [-0.05, 0) is 24.2 Å². The van der Waals surface area contributed by atoms with Crippen LogP contribution in [0.4, 0.5) is 0 Å². The zero-order valence-electron chi connectivity index (χ0n) is 13.1. The van der Waals surface area contributed by atoms with Gasteiger partial charge in [0.05, 0.1) is 21.3 Å². The number of hydrogen-bond acceptors (Lipinski definition) is 5. The molecule has 0 aliphatic heterocycles. The predicted molar refractivity (Wildman–Crippen MR) is 81.1 cm³/mol. The normalized spacial score (nSPS) is 10.1. The summed E-state index contributed by atoms with van der Waals surface area (Å²) in [6.45, 7) is 3.97. The molecule has 0 radical (unpaired) electrons. The van der Waals surface area contributed by atoms with E-state index in [-0.39, 0.29) is 5.91 Å². The van der Waals surface area contributed by atoms with Gasteiger partial charge in [-0.25, -0.2) is 0 Å². The van der Waals surface area contributed by atoms with E-state index in [1.807, 2.05) is 19.1 Å². The van der Waals surface area contributed by atoms with Gasteiger partial charge in [0, 0.05) is 19.5 Å². The third kappa shape index (κ3) is 5.15. The molecular weight excluding hydrogens is 272 g/mol. The lowest BCUT2D eigenvalue weighted by Gasteiger charge is -2.14. The number of benzene rings is 1. The minimum Gasteiger partial charge on any atom is -0.493 e. The number of ether oxygens (including phenoxy) is 3. The molecule has 1 rings (SSSR count). The number of carbonyl (C=O) groups excluding carboxylic acids is 1. The molecule has 2 N–H and O–H groups in total. The maximum absolute atomic E-state index is 11.7. The van der Waals surface area contributed by atoms with Gasteiger partial charge in [-0.2, -0.15) is 0 Å². The number of methoxy groups -OCH3 is 3. The standard InChI is InChI=1S/C15H24N2O4/c1-5-16-7-6-14(18)17-10-11-8-12(19-2)15(21-4)13(9-11)20-3/h8-9,16H,5-7,10H2,1-4H3,(H,17,18). The van der Waals surface area contributed by atoms with E-state index in [1.54, 1.807) is 21.3 Å². The highest BCUT2D eigenvalue weighted by Crippen LogP contribution is 2.38. The van der Waals surface area contributed by atoms with Crippen molar-refractivity contribution in [3.63, 3.8) is 0 Å². The zero-order chi connectivity index (χ0) is 15.7. The summed E-state index contributed by atoms with van der Waals surface area (Å²) in [5.41, 5.74) is 0.890. The first-order chi connectivity index (χ1) is 10.2. The van der Waals surface area contributed by atoms with Crippen molar-refractivity contribution < 1.29 is 19.0 Å². The maximum Gasteiger partial charge on any atom is 0.221 e. The van der Waals surface area contributed by atoms with Gasteiger partial charge in [0.1, 0.15) is 0 Å². The second-order valence-corrected chi connectivity index (χ2v) is 4.41. The van der Waals surface area contributed by atoms with Crippen LogP contribution < -0.4 is 24.8 Å². The molecule has 0 aliphatic carbocycles. The fourth-order valence-electron chi connectivity index (χ4n) is 1.91. The smallest absolute Gasteiger partial charge is 0.221 e. The Hall–Kier alpha value is -1.95. The Labute approximate surface area is 125 Å². The number of hydrogen-bond donors (Lipinski definition) is 2. The van der Waals surface area contributed by atoms with Crippen molar-refractivity contribution in [1.82, 2.24) is 10.6 Å². The van der Waals surface area contributed by atoms with Gasteiger partial charge in [0.25, 0.3) is 0 Å². The monoisotopic (exact) mass is 296 g/mol. The van der Waals surface area contributed by atoms with E-state index >= 15 is 0 Å². The van der Waals surface area contributed by atoms with E-state index in [0.29, 0.717) is 36.8 Å². The molecule has 0 fully saturated rings. The summed E-state index contributed by atoms with van der Waals surface area (Å²) in [7, 11) is 4.69. The quantitative estimate of drug-likeness (QED) is 0.673. The lowest BCUT2D eigenvalue weighted by Crippen LogP contribution is -2.27. The third-order valence-corrected chi connectivity index (χ3v) is 2.99. The van der Waals surface area contributed by atoms with Crippen LogP contribution in [0.2, 0.25) is 0 Å². The van der Waals surface area contributed by atoms with Crippen molar-refractivity contribution in [2.75, 3.05) is 34.4 Å². The zero-order valence-corrected chi connectivity index (χ0v) is 13.1. The van der Waals surface area contributed by atoms with Crippen LogP contribution in [-0.4, -0.2) is 40.3 Å². The molecule has 0 saturated carbocycles. The molecule has 0 spiro atoms. The Morgan fingerprint density at radius 3 is 2.19 bits per heavy atom. The Morgan fingerprint density at radius 1 is 1.10 bits per heavy atom. The van der Waals surface area contributed by atoms with Gasteiger partial charge >= 0.3 is 0 Å². The average molecular weight is 296 g/mol. The first-order valence-corrected chi connectivity index (χ1v) is 6.92. The van der Waals surface area contributed by atoms with Gasteiger partial charge in [-0.3, -0.25) is 4.79 Å². The minimum atomic E-state index is 0.00435. The molecule has 0 unspecified atom stereocenters. The van der Waals surface area contributed by atoms with Crippen LogP contribution in [0.25, 0.3) is 0 Å². The molecule has 1 amide bonds. The fraction of sp³-hybridized carbons (Fsp3) is 0.533. The molecule has 0 aromatic heterocycles. The first kappa shape index (κ1) is 17.1. The largest absolute Gasteiger partial charge is 0.493 e. The summed E-state index contributed by atoms with van der Waals surface area (Å²) in [4.78, 5) is 11.7. The van der Waals surface area contributed by atoms with E-state index in [0.717, 1.165) is 12.1 Å². The van der Waals surface area contributed by atoms with Crippen LogP contribution in [-0.2, 0) is 11.3 Å². The van der Waals surface area contributed by atoms with Crippen LogP contribution in [0.3, 0.4) is 0 Å². The highest BCUT2D eigenvalue weighted by Gasteiger charge is 2.13. The van der Waals surface area contributed by atoms with Gasteiger partial charge in [0.15, 0.2) is 11.5 Å². The molecule has 0 atom stereocenters. The van der Waals surface area contributed by atoms with Gasteiger partial charge in [-0.1, -0.05) is 6.92 Å². The average Bonchev–Trinajstić information content (AvgIpc) is 2.51. The number of rotatable bonds is 9. The third-order valence-electron chi connectivity index (χ3n) is 2.99. The Balaban J connectivity index is 2.69. The highest BCUT2D eigenvalue weighted by molar-refractivity contribution is 5.76. The summed E-state index contributed by atoms with van der Waals surface area (Å²) >= 11 is 0. The molecule has 6 nitrogen and oxygen atoms in total. The molecule has 0 bridgehead atoms. The van der Waals surface area contributed by atoms with Crippen LogP contribution in [0.15, 0.2) is 12.1 Å². The molecule has 0 heterocycles. The predicted octanol–water partition coefficient (Wildman–Crippen LogP) is 1.33. The summed E-state index contributed by atoms with van der Waals surface area (Å²) in [6, 6.07) is 3.65. The fourth-order valence-corrected chi connectivity index (χ4v) is 1.91. The second kappa shape index (κ2) is 9.07. The van der Waals surface area contributed by atoms with Crippen molar-refractivity contribution in [3.8, 4) is 17.2 Å². The van der Waals surface area contributed by atoms with Gasteiger partial charge in [-0.15, -0.1) is 0 Å². The summed E-state index contributed by atoms with van der Waals surface area (Å²) in [5, 5.41) is 5.98. The maximum atomic E-state index is 11.7. The molecule has 6 heteroatoms. The minimum absolute atomic E-state index is 0.00435. The number of amides is 1. The molecule has 118 valence electrons. The van der Waals surface area contributed by atoms with Crippen molar-refractivity contribution in [1.29, 1.82) is 0 Å². The lowest BCUT2D eigenvalue weighted by atomic mass is 10.1. The van der Waals surface area contributed by atoms with Crippen LogP contribution in [0, 0.1) is 0 Å². The SMILES string of the molecule is CCNCCC(=O)NCc1cc(OC)c(OC)c(OC)c1. The number of carbonyl (C=O) groups is 1.